The molecule has 2 aliphatic rings. The van der Waals surface area contributed by atoms with Gasteiger partial charge in [-0.1, -0.05) is 0 Å². The molecule has 0 amide bonds. The number of aryl methyl sites for hydroxylation is 2. The van der Waals surface area contributed by atoms with Gasteiger partial charge in [-0.3, -0.25) is 4.68 Å². The van der Waals surface area contributed by atoms with Crippen LogP contribution in [0.1, 0.15) is 66.8 Å². The topological polar surface area (TPSA) is 78.6 Å². The molecule has 1 aromatic carbocycles. The van der Waals surface area contributed by atoms with E-state index in [4.69, 9.17) is 4.74 Å². The third kappa shape index (κ3) is 5.50. The second-order valence-corrected chi connectivity index (χ2v) is 9.44. The average molecular weight is 533 g/mol. The van der Waals surface area contributed by atoms with E-state index in [0.29, 0.717) is 29.6 Å². The van der Waals surface area contributed by atoms with Crippen LogP contribution in [-0.2, 0) is 10.9 Å². The number of benzene rings is 1. The molecule has 0 bridgehead atoms. The molecule has 2 fully saturated rings. The molecule has 200 valence electrons. The van der Waals surface area contributed by atoms with Crippen LogP contribution < -0.4 is 0 Å². The highest BCUT2D eigenvalue weighted by atomic mass is 19.4. The first-order valence-corrected chi connectivity index (χ1v) is 12.3. The number of rotatable bonds is 3. The first kappa shape index (κ1) is 26.1. The monoisotopic (exact) mass is 532 g/mol. The Morgan fingerprint density at radius 3 is 2.39 bits per heavy atom. The van der Waals surface area contributed by atoms with Crippen molar-refractivity contribution >= 4 is 11.2 Å². The second-order valence-electron chi connectivity index (χ2n) is 9.44. The molecule has 1 unspecified atom stereocenters. The van der Waals surface area contributed by atoms with Crippen molar-refractivity contribution in [1.29, 1.82) is 0 Å². The highest BCUT2D eigenvalue weighted by Gasteiger charge is 2.35. The molecule has 3 aromatic heterocycles. The van der Waals surface area contributed by atoms with Crippen LogP contribution in [0.25, 0.3) is 22.4 Å². The molecule has 7 nitrogen and oxygen atoms in total. The van der Waals surface area contributed by atoms with Crippen LogP contribution in [0.5, 0.6) is 0 Å². The van der Waals surface area contributed by atoms with E-state index in [1.165, 1.54) is 31.2 Å². The summed E-state index contributed by atoms with van der Waals surface area (Å²) in [5, 5.41) is 4.39. The third-order valence-corrected chi connectivity index (χ3v) is 6.59. The van der Waals surface area contributed by atoms with Crippen LogP contribution in [0.2, 0.25) is 0 Å². The van der Waals surface area contributed by atoms with Gasteiger partial charge in [-0.05, 0) is 58.1 Å². The lowest BCUT2D eigenvalue weighted by Gasteiger charge is -2.21. The van der Waals surface area contributed by atoms with Gasteiger partial charge in [-0.25, -0.2) is 28.7 Å². The van der Waals surface area contributed by atoms with Crippen LogP contribution in [0.4, 0.5) is 22.0 Å². The lowest BCUT2D eigenvalue weighted by molar-refractivity contribution is -0.140. The van der Waals surface area contributed by atoms with Gasteiger partial charge in [0.2, 0.25) is 0 Å². The Hall–Kier alpha value is -3.54. The second kappa shape index (κ2) is 10.3. The Morgan fingerprint density at radius 1 is 0.947 bits per heavy atom. The Kier molecular flexibility index (Phi) is 7.08. The fraction of sp³-hybridized carbons (Fsp3) is 0.423. The van der Waals surface area contributed by atoms with Crippen molar-refractivity contribution in [3.05, 3.63) is 65.0 Å². The predicted octanol–water partition coefficient (Wildman–Crippen LogP) is 6.46. The lowest BCUT2D eigenvalue weighted by Crippen LogP contribution is -2.10. The molecule has 1 saturated heterocycles. The maximum atomic E-state index is 14.2. The molecule has 1 aliphatic heterocycles. The van der Waals surface area contributed by atoms with Crippen molar-refractivity contribution in [2.75, 3.05) is 6.61 Å². The van der Waals surface area contributed by atoms with Crippen LogP contribution in [0.3, 0.4) is 0 Å². The van der Waals surface area contributed by atoms with Gasteiger partial charge >= 0.3 is 6.18 Å². The maximum absolute atomic E-state index is 14.2. The standard InChI is InChI=1S/C15H9F5N4.C11H16N2O/c1-6-7(2)24-14-13(23-6)12(21-5-22-14)8-3-11(17)9(4-10(8)16)15(18,19)20;1-2-6-14-11(3-1)9-7-12-13(8-9)10-4-5-10/h3-5H,1-2H3;7-8,10-11H,1-6H2. The van der Waals surface area contributed by atoms with Crippen LogP contribution >= 0.6 is 0 Å². The van der Waals surface area contributed by atoms with Crippen LogP contribution in [0.15, 0.2) is 30.9 Å². The van der Waals surface area contributed by atoms with E-state index in [9.17, 15) is 22.0 Å². The van der Waals surface area contributed by atoms with E-state index < -0.39 is 28.9 Å². The summed E-state index contributed by atoms with van der Waals surface area (Å²) in [7, 11) is 0. The molecule has 1 saturated carbocycles. The van der Waals surface area contributed by atoms with Crippen LogP contribution in [-0.4, -0.2) is 36.3 Å². The van der Waals surface area contributed by atoms with Crippen molar-refractivity contribution < 1.29 is 26.7 Å². The lowest BCUT2D eigenvalue weighted by atomic mass is 10.0. The van der Waals surface area contributed by atoms with E-state index in [0.717, 1.165) is 19.4 Å². The fourth-order valence-electron chi connectivity index (χ4n) is 4.25. The molecule has 1 aliphatic carbocycles. The van der Waals surface area contributed by atoms with E-state index in [2.05, 4.69) is 35.9 Å². The largest absolute Gasteiger partial charge is 0.419 e. The highest BCUT2D eigenvalue weighted by molar-refractivity contribution is 5.86. The number of ether oxygens (including phenoxy) is 1. The van der Waals surface area contributed by atoms with Gasteiger partial charge < -0.3 is 4.74 Å². The van der Waals surface area contributed by atoms with E-state index in [1.807, 2.05) is 6.20 Å². The molecule has 12 heteroatoms. The molecule has 0 N–H and O–H groups in total. The summed E-state index contributed by atoms with van der Waals surface area (Å²) in [6, 6.07) is 1.25. The molecular formula is C26H25F5N6O. The molecule has 0 radical (unpaired) electrons. The van der Waals surface area contributed by atoms with Gasteiger partial charge in [0.25, 0.3) is 0 Å². The van der Waals surface area contributed by atoms with Gasteiger partial charge in [0.1, 0.15) is 29.2 Å². The van der Waals surface area contributed by atoms with Crippen LogP contribution in [0, 0.1) is 25.5 Å². The summed E-state index contributed by atoms with van der Waals surface area (Å²) in [5.41, 5.74) is 0.363. The number of hydrogen-bond acceptors (Lipinski definition) is 6. The summed E-state index contributed by atoms with van der Waals surface area (Å²) in [4.78, 5) is 16.1. The normalized spacial score (nSPS) is 17.8. The summed E-state index contributed by atoms with van der Waals surface area (Å²) < 4.78 is 73.8. The smallest absolute Gasteiger partial charge is 0.373 e. The van der Waals surface area contributed by atoms with Crippen molar-refractivity contribution in [1.82, 2.24) is 29.7 Å². The number of nitrogens with zero attached hydrogens (tertiary/aromatic N) is 6. The number of hydrogen-bond donors (Lipinski definition) is 0. The predicted molar refractivity (Wildman–Crippen MR) is 128 cm³/mol. The fourth-order valence-corrected chi connectivity index (χ4v) is 4.25. The Morgan fingerprint density at radius 2 is 1.71 bits per heavy atom. The number of aromatic nitrogens is 6. The summed E-state index contributed by atoms with van der Waals surface area (Å²) in [5.74, 6) is -2.86. The molecule has 4 aromatic rings. The molecule has 0 spiro atoms. The van der Waals surface area contributed by atoms with E-state index >= 15 is 0 Å². The van der Waals surface area contributed by atoms with Gasteiger partial charge in [-0.15, -0.1) is 0 Å². The SMILES string of the molecule is Cc1nc2ncnc(-c3cc(F)c(C(F)(F)F)cc3F)c2nc1C.c1nn(C2CC2)cc1C1CCCCO1. The van der Waals surface area contributed by atoms with Gasteiger partial charge in [-0.2, -0.15) is 18.3 Å². The summed E-state index contributed by atoms with van der Waals surface area (Å²) in [6.07, 6.45) is 6.81. The molecule has 4 heterocycles. The zero-order valence-corrected chi connectivity index (χ0v) is 20.8. The first-order chi connectivity index (χ1) is 18.1. The minimum absolute atomic E-state index is 0.0821. The summed E-state index contributed by atoms with van der Waals surface area (Å²) >= 11 is 0. The Labute approximate surface area is 215 Å². The minimum Gasteiger partial charge on any atom is -0.373 e. The quantitative estimate of drug-likeness (QED) is 0.282. The Balaban J connectivity index is 0.000000177. The molecular weight excluding hydrogens is 507 g/mol. The Bertz CT molecular complexity index is 1460. The number of alkyl halides is 3. The zero-order valence-electron chi connectivity index (χ0n) is 20.8. The third-order valence-electron chi connectivity index (χ3n) is 6.59. The van der Waals surface area contributed by atoms with Crippen molar-refractivity contribution in [2.24, 2.45) is 0 Å². The average Bonchev–Trinajstić information content (AvgIpc) is 3.62. The van der Waals surface area contributed by atoms with E-state index in [1.54, 1.807) is 13.8 Å². The number of fused-ring (bicyclic) bond motifs is 1. The van der Waals surface area contributed by atoms with Crippen molar-refractivity contribution in [2.45, 2.75) is 64.3 Å². The highest BCUT2D eigenvalue weighted by Crippen LogP contribution is 2.37. The van der Waals surface area contributed by atoms with Gasteiger partial charge in [0, 0.05) is 23.9 Å². The van der Waals surface area contributed by atoms with Crippen molar-refractivity contribution in [3.63, 3.8) is 0 Å². The zero-order chi connectivity index (χ0) is 27.0. The molecule has 6 rings (SSSR count). The van der Waals surface area contributed by atoms with Gasteiger partial charge in [0.05, 0.1) is 35.3 Å². The molecule has 1 atom stereocenters. The summed E-state index contributed by atoms with van der Waals surface area (Å²) in [6.45, 7) is 4.27. The van der Waals surface area contributed by atoms with Crippen molar-refractivity contribution in [3.8, 4) is 11.3 Å². The van der Waals surface area contributed by atoms with E-state index in [-0.39, 0.29) is 22.9 Å². The van der Waals surface area contributed by atoms with Gasteiger partial charge in [0.15, 0.2) is 5.65 Å². The number of halogens is 5. The first-order valence-electron chi connectivity index (χ1n) is 12.3. The minimum atomic E-state index is -5.00. The molecule has 38 heavy (non-hydrogen) atoms. The maximum Gasteiger partial charge on any atom is 0.419 e.